The molecule has 0 aliphatic heterocycles. The molecule has 0 aliphatic carbocycles. The molecule has 0 heterocycles. The molecule has 0 spiro atoms. The first-order chi connectivity index (χ1) is 15.8. The van der Waals surface area contributed by atoms with E-state index < -0.39 is 17.8 Å². The molecule has 0 radical (unpaired) electrons. The first-order valence-corrected chi connectivity index (χ1v) is 11.4. The lowest BCUT2D eigenvalue weighted by atomic mass is 10.2. The Morgan fingerprint density at radius 2 is 1.67 bits per heavy atom. The Hall–Kier alpha value is -3.01. The SMILES string of the molecule is O=C(CNC(=O)c1ccc(Cl)cc1)N/N=C\c1cc(Br)cc(Br)c1OC(=O)c1ccccc1. The van der Waals surface area contributed by atoms with E-state index in [0.717, 1.165) is 0 Å². The van der Waals surface area contributed by atoms with Gasteiger partial charge < -0.3 is 10.1 Å². The standard InChI is InChI=1S/C23H16Br2ClN3O4/c24-17-10-16(21(19(25)11-17)33-23(32)15-4-2-1-3-5-15)12-28-29-20(30)13-27-22(31)14-6-8-18(26)9-7-14/h1-12H,13H2,(H,27,31)(H,29,30)/b28-12-. The molecule has 3 rings (SSSR count). The van der Waals surface area contributed by atoms with Gasteiger partial charge in [0.1, 0.15) is 0 Å². The molecule has 0 aromatic heterocycles. The number of halogens is 3. The number of hydrazone groups is 1. The highest BCUT2D eigenvalue weighted by Gasteiger charge is 2.15. The minimum Gasteiger partial charge on any atom is -0.421 e. The van der Waals surface area contributed by atoms with Crippen LogP contribution in [0.1, 0.15) is 26.3 Å². The average molecular weight is 594 g/mol. The van der Waals surface area contributed by atoms with Gasteiger partial charge in [0.05, 0.1) is 22.8 Å². The summed E-state index contributed by atoms with van der Waals surface area (Å²) in [7, 11) is 0. The number of ether oxygens (including phenoxy) is 1. The van der Waals surface area contributed by atoms with Crippen LogP contribution in [-0.4, -0.2) is 30.5 Å². The van der Waals surface area contributed by atoms with Gasteiger partial charge in [0.2, 0.25) is 0 Å². The molecule has 10 heteroatoms. The number of carbonyl (C=O) groups excluding carboxylic acids is 3. The van der Waals surface area contributed by atoms with Crippen molar-refractivity contribution in [1.82, 2.24) is 10.7 Å². The van der Waals surface area contributed by atoms with Crippen LogP contribution in [0.4, 0.5) is 0 Å². The van der Waals surface area contributed by atoms with Crippen LogP contribution in [-0.2, 0) is 4.79 Å². The summed E-state index contributed by atoms with van der Waals surface area (Å²) in [5.41, 5.74) is 3.52. The topological polar surface area (TPSA) is 96.9 Å². The lowest BCUT2D eigenvalue weighted by Crippen LogP contribution is -2.34. The molecule has 2 amide bonds. The molecule has 0 aliphatic rings. The van der Waals surface area contributed by atoms with Crippen LogP contribution in [0.5, 0.6) is 5.75 Å². The fourth-order valence-electron chi connectivity index (χ4n) is 2.59. The summed E-state index contributed by atoms with van der Waals surface area (Å²) in [6, 6.07) is 18.2. The van der Waals surface area contributed by atoms with Crippen molar-refractivity contribution >= 4 is 67.5 Å². The number of benzene rings is 3. The van der Waals surface area contributed by atoms with E-state index in [4.69, 9.17) is 16.3 Å². The predicted octanol–water partition coefficient (Wildman–Crippen LogP) is 4.96. The number of nitrogens with zero attached hydrogens (tertiary/aromatic N) is 1. The number of carbonyl (C=O) groups is 3. The molecule has 3 aromatic rings. The molecule has 3 aromatic carbocycles. The van der Waals surface area contributed by atoms with Gasteiger partial charge in [-0.1, -0.05) is 45.7 Å². The minimum atomic E-state index is -0.540. The second-order valence-corrected chi connectivity index (χ2v) is 8.75. The third-order valence-corrected chi connectivity index (χ3v) is 5.45. The van der Waals surface area contributed by atoms with E-state index in [9.17, 15) is 14.4 Å². The van der Waals surface area contributed by atoms with E-state index in [1.54, 1.807) is 66.7 Å². The van der Waals surface area contributed by atoms with Gasteiger partial charge in [0.15, 0.2) is 5.75 Å². The average Bonchev–Trinajstić information content (AvgIpc) is 2.80. The van der Waals surface area contributed by atoms with Crippen LogP contribution in [0.3, 0.4) is 0 Å². The molecule has 0 atom stereocenters. The van der Waals surface area contributed by atoms with Crippen LogP contribution in [0, 0.1) is 0 Å². The molecule has 168 valence electrons. The molecule has 0 bridgehead atoms. The smallest absolute Gasteiger partial charge is 0.343 e. The van der Waals surface area contributed by atoms with Gasteiger partial charge >= 0.3 is 5.97 Å². The van der Waals surface area contributed by atoms with Crippen molar-refractivity contribution in [2.45, 2.75) is 0 Å². The molecule has 33 heavy (non-hydrogen) atoms. The van der Waals surface area contributed by atoms with Gasteiger partial charge in [0, 0.05) is 20.6 Å². The molecule has 0 fully saturated rings. The molecule has 0 saturated carbocycles. The number of rotatable bonds is 7. The summed E-state index contributed by atoms with van der Waals surface area (Å²) in [6.07, 6.45) is 1.34. The quantitative estimate of drug-likeness (QED) is 0.175. The lowest BCUT2D eigenvalue weighted by molar-refractivity contribution is -0.120. The van der Waals surface area contributed by atoms with Crippen LogP contribution >= 0.6 is 43.5 Å². The summed E-state index contributed by atoms with van der Waals surface area (Å²) in [5.74, 6) is -1.26. The molecule has 0 saturated heterocycles. The van der Waals surface area contributed by atoms with Gasteiger partial charge in [-0.25, -0.2) is 10.2 Å². The fourth-order valence-corrected chi connectivity index (χ4v) is 4.05. The second kappa shape index (κ2) is 11.7. The highest BCUT2D eigenvalue weighted by atomic mass is 79.9. The highest BCUT2D eigenvalue weighted by Crippen LogP contribution is 2.32. The van der Waals surface area contributed by atoms with Crippen LogP contribution in [0.15, 0.2) is 80.8 Å². The second-order valence-electron chi connectivity index (χ2n) is 6.54. The molecular formula is C23H16Br2ClN3O4. The molecule has 2 N–H and O–H groups in total. The zero-order valence-electron chi connectivity index (χ0n) is 16.8. The Morgan fingerprint density at radius 1 is 0.970 bits per heavy atom. The fraction of sp³-hybridized carbons (Fsp3) is 0.0435. The number of hydrogen-bond acceptors (Lipinski definition) is 5. The first kappa shape index (κ1) is 24.6. The van der Waals surface area contributed by atoms with E-state index in [-0.39, 0.29) is 12.3 Å². The van der Waals surface area contributed by atoms with Crippen molar-refractivity contribution in [3.05, 3.63) is 97.4 Å². The first-order valence-electron chi connectivity index (χ1n) is 9.45. The molecular weight excluding hydrogens is 578 g/mol. The maximum atomic E-state index is 12.5. The Kier molecular flexibility index (Phi) is 8.76. The summed E-state index contributed by atoms with van der Waals surface area (Å²) >= 11 is 12.5. The van der Waals surface area contributed by atoms with Crippen molar-refractivity contribution in [3.63, 3.8) is 0 Å². The Balaban J connectivity index is 1.63. The molecule has 0 unspecified atom stereocenters. The third kappa shape index (κ3) is 7.24. The van der Waals surface area contributed by atoms with Crippen LogP contribution in [0.25, 0.3) is 0 Å². The molecule has 7 nitrogen and oxygen atoms in total. The number of nitrogens with one attached hydrogen (secondary N) is 2. The monoisotopic (exact) mass is 591 g/mol. The maximum Gasteiger partial charge on any atom is 0.343 e. The van der Waals surface area contributed by atoms with Gasteiger partial charge in [-0.3, -0.25) is 9.59 Å². The third-order valence-electron chi connectivity index (χ3n) is 4.15. The van der Waals surface area contributed by atoms with Crippen molar-refractivity contribution in [2.24, 2.45) is 5.10 Å². The predicted molar refractivity (Wildman–Crippen MR) is 133 cm³/mol. The zero-order chi connectivity index (χ0) is 23.8. The number of amides is 2. The number of hydrogen-bond donors (Lipinski definition) is 2. The Labute approximate surface area is 211 Å². The van der Waals surface area contributed by atoms with Crippen molar-refractivity contribution in [3.8, 4) is 5.75 Å². The van der Waals surface area contributed by atoms with Gasteiger partial charge in [-0.2, -0.15) is 5.10 Å². The highest BCUT2D eigenvalue weighted by molar-refractivity contribution is 9.11. The summed E-state index contributed by atoms with van der Waals surface area (Å²) in [4.78, 5) is 36.6. The Morgan fingerprint density at radius 3 is 2.36 bits per heavy atom. The van der Waals surface area contributed by atoms with Gasteiger partial charge in [0.25, 0.3) is 11.8 Å². The zero-order valence-corrected chi connectivity index (χ0v) is 20.8. The van der Waals surface area contributed by atoms with E-state index >= 15 is 0 Å². The van der Waals surface area contributed by atoms with Gasteiger partial charge in [-0.15, -0.1) is 0 Å². The summed E-state index contributed by atoms with van der Waals surface area (Å²) in [6.45, 7) is -0.281. The van der Waals surface area contributed by atoms with Crippen molar-refractivity contribution in [2.75, 3.05) is 6.54 Å². The van der Waals surface area contributed by atoms with Crippen LogP contribution < -0.4 is 15.5 Å². The maximum absolute atomic E-state index is 12.5. The Bertz CT molecular complexity index is 1200. The van der Waals surface area contributed by atoms with E-state index in [1.807, 2.05) is 0 Å². The summed E-state index contributed by atoms with van der Waals surface area (Å²) in [5, 5.41) is 6.90. The van der Waals surface area contributed by atoms with Gasteiger partial charge in [-0.05, 0) is 64.5 Å². The van der Waals surface area contributed by atoms with E-state index in [2.05, 4.69) is 47.7 Å². The minimum absolute atomic E-state index is 0.237. The van der Waals surface area contributed by atoms with E-state index in [1.165, 1.54) is 6.21 Å². The van der Waals surface area contributed by atoms with Crippen molar-refractivity contribution < 1.29 is 19.1 Å². The van der Waals surface area contributed by atoms with Crippen molar-refractivity contribution in [1.29, 1.82) is 0 Å². The normalized spacial score (nSPS) is 10.6. The van der Waals surface area contributed by atoms with Crippen LogP contribution in [0.2, 0.25) is 5.02 Å². The number of esters is 1. The largest absolute Gasteiger partial charge is 0.421 e. The summed E-state index contributed by atoms with van der Waals surface area (Å²) < 4.78 is 6.76. The van der Waals surface area contributed by atoms with E-state index in [0.29, 0.717) is 30.7 Å². The lowest BCUT2D eigenvalue weighted by Gasteiger charge is -2.10.